The maximum Gasteiger partial charge on any atom is 0.342 e. The van der Waals surface area contributed by atoms with Crippen LogP contribution in [0, 0.1) is 6.92 Å². The molecule has 3 aromatic rings. The Balaban J connectivity index is 1.60. The average molecular weight is 384 g/mol. The van der Waals surface area contributed by atoms with Crippen molar-refractivity contribution in [2.75, 3.05) is 20.8 Å². The van der Waals surface area contributed by atoms with Crippen LogP contribution >= 0.6 is 11.3 Å². The van der Waals surface area contributed by atoms with Gasteiger partial charge < -0.3 is 14.4 Å². The minimum absolute atomic E-state index is 0.297. The summed E-state index contributed by atoms with van der Waals surface area (Å²) in [6, 6.07) is 13.0. The van der Waals surface area contributed by atoms with Crippen molar-refractivity contribution >= 4 is 33.4 Å². The van der Waals surface area contributed by atoms with Crippen molar-refractivity contribution in [2.45, 2.75) is 13.5 Å². The Labute approximate surface area is 161 Å². The molecule has 0 saturated heterocycles. The topological polar surface area (TPSA) is 68.7 Å². The van der Waals surface area contributed by atoms with Crippen molar-refractivity contribution in [3.8, 4) is 5.75 Å². The van der Waals surface area contributed by atoms with Crippen LogP contribution in [0.25, 0.3) is 10.2 Å². The molecule has 0 atom stereocenters. The lowest BCUT2D eigenvalue weighted by Crippen LogP contribution is -2.30. The molecule has 0 fully saturated rings. The lowest BCUT2D eigenvalue weighted by atomic mass is 10.1. The van der Waals surface area contributed by atoms with Crippen molar-refractivity contribution in [3.63, 3.8) is 0 Å². The third-order valence-electron chi connectivity index (χ3n) is 4.04. The van der Waals surface area contributed by atoms with E-state index in [4.69, 9.17) is 9.47 Å². The molecule has 0 spiro atoms. The summed E-state index contributed by atoms with van der Waals surface area (Å²) in [4.78, 5) is 30.6. The maximum absolute atomic E-state index is 12.3. The Hall–Kier alpha value is -2.93. The number of rotatable bonds is 6. The molecule has 1 aromatic heterocycles. The van der Waals surface area contributed by atoms with E-state index in [9.17, 15) is 9.59 Å². The number of fused-ring (bicyclic) bond motifs is 1. The number of amides is 1. The standard InChI is InChI=1S/C20H20N2O4S/c1-13-8-9-16(25-3)14(10-13)20(24)26-12-19(23)22(2)11-18-21-15-6-4-5-7-17(15)27-18/h4-10H,11-12H2,1-3H3. The molecular formula is C20H20N2O4S. The van der Waals surface area contributed by atoms with Crippen LogP contribution in [0.15, 0.2) is 42.5 Å². The van der Waals surface area contributed by atoms with Crippen LogP contribution in [0.3, 0.4) is 0 Å². The fraction of sp³-hybridized carbons (Fsp3) is 0.250. The Bertz CT molecular complexity index is 950. The SMILES string of the molecule is COc1ccc(C)cc1C(=O)OCC(=O)N(C)Cc1nc2ccccc2s1. The predicted molar refractivity (Wildman–Crippen MR) is 104 cm³/mol. The Morgan fingerprint density at radius 3 is 2.70 bits per heavy atom. The van der Waals surface area contributed by atoms with E-state index in [0.717, 1.165) is 20.8 Å². The van der Waals surface area contributed by atoms with Crippen LogP contribution in [0.5, 0.6) is 5.75 Å². The number of thiazole rings is 1. The van der Waals surface area contributed by atoms with Crippen LogP contribution in [-0.4, -0.2) is 42.5 Å². The van der Waals surface area contributed by atoms with Gasteiger partial charge in [0.05, 0.1) is 23.9 Å². The number of nitrogens with zero attached hydrogens (tertiary/aromatic N) is 2. The highest BCUT2D eigenvalue weighted by atomic mass is 32.1. The predicted octanol–water partition coefficient (Wildman–Crippen LogP) is 3.43. The van der Waals surface area contributed by atoms with Crippen molar-refractivity contribution in [2.24, 2.45) is 0 Å². The molecule has 1 heterocycles. The largest absolute Gasteiger partial charge is 0.496 e. The fourth-order valence-corrected chi connectivity index (χ4v) is 3.60. The first-order valence-electron chi connectivity index (χ1n) is 8.38. The first kappa shape index (κ1) is 18.8. The number of hydrogen-bond donors (Lipinski definition) is 0. The second-order valence-electron chi connectivity index (χ2n) is 6.11. The number of carbonyl (C=O) groups excluding carboxylic acids is 2. The molecule has 3 rings (SSSR count). The van der Waals surface area contributed by atoms with Gasteiger partial charge >= 0.3 is 5.97 Å². The molecule has 0 N–H and O–H groups in total. The number of aryl methyl sites for hydroxylation is 1. The van der Waals surface area contributed by atoms with Crippen molar-refractivity contribution < 1.29 is 19.1 Å². The van der Waals surface area contributed by atoms with E-state index in [1.807, 2.05) is 37.3 Å². The molecule has 27 heavy (non-hydrogen) atoms. The third-order valence-corrected chi connectivity index (χ3v) is 5.06. The Morgan fingerprint density at radius 1 is 1.19 bits per heavy atom. The minimum atomic E-state index is -0.586. The summed E-state index contributed by atoms with van der Waals surface area (Å²) in [5.74, 6) is -0.465. The number of methoxy groups -OCH3 is 1. The summed E-state index contributed by atoms with van der Waals surface area (Å²) in [7, 11) is 3.15. The van der Waals surface area contributed by atoms with Gasteiger partial charge in [-0.15, -0.1) is 11.3 Å². The summed E-state index contributed by atoms with van der Waals surface area (Å²) >= 11 is 1.54. The van der Waals surface area contributed by atoms with Crippen molar-refractivity contribution in [1.82, 2.24) is 9.88 Å². The summed E-state index contributed by atoms with van der Waals surface area (Å²) in [5.41, 5.74) is 2.12. The molecule has 1 amide bonds. The molecule has 2 aromatic carbocycles. The molecule has 6 nitrogen and oxygen atoms in total. The zero-order chi connectivity index (χ0) is 19.4. The van der Waals surface area contributed by atoms with E-state index in [1.165, 1.54) is 12.0 Å². The van der Waals surface area contributed by atoms with E-state index in [0.29, 0.717) is 17.9 Å². The Morgan fingerprint density at radius 2 is 1.96 bits per heavy atom. The third kappa shape index (κ3) is 4.43. The van der Waals surface area contributed by atoms with E-state index >= 15 is 0 Å². The number of benzene rings is 2. The summed E-state index contributed by atoms with van der Waals surface area (Å²) in [5, 5.41) is 0.832. The second-order valence-corrected chi connectivity index (χ2v) is 7.22. The van der Waals surface area contributed by atoms with Crippen LogP contribution < -0.4 is 4.74 Å². The van der Waals surface area contributed by atoms with Crippen molar-refractivity contribution in [3.05, 3.63) is 58.6 Å². The van der Waals surface area contributed by atoms with E-state index in [2.05, 4.69) is 4.98 Å². The lowest BCUT2D eigenvalue weighted by Gasteiger charge is -2.16. The smallest absolute Gasteiger partial charge is 0.342 e. The lowest BCUT2D eigenvalue weighted by molar-refractivity contribution is -0.133. The quantitative estimate of drug-likeness (QED) is 0.609. The van der Waals surface area contributed by atoms with Crippen LogP contribution in [0.4, 0.5) is 0 Å². The number of aromatic nitrogens is 1. The molecular weight excluding hydrogens is 364 g/mol. The number of carbonyl (C=O) groups is 2. The van der Waals surface area contributed by atoms with Crippen LogP contribution in [-0.2, 0) is 16.1 Å². The molecule has 0 aliphatic heterocycles. The zero-order valence-corrected chi connectivity index (χ0v) is 16.2. The first-order valence-corrected chi connectivity index (χ1v) is 9.19. The number of hydrogen-bond acceptors (Lipinski definition) is 6. The van der Waals surface area contributed by atoms with Gasteiger partial charge in [0.1, 0.15) is 16.3 Å². The summed E-state index contributed by atoms with van der Waals surface area (Å²) in [6.07, 6.45) is 0. The molecule has 0 radical (unpaired) electrons. The monoisotopic (exact) mass is 384 g/mol. The highest BCUT2D eigenvalue weighted by Crippen LogP contribution is 2.23. The van der Waals surface area contributed by atoms with Gasteiger partial charge in [0.15, 0.2) is 6.61 Å². The van der Waals surface area contributed by atoms with Gasteiger partial charge in [-0.2, -0.15) is 0 Å². The molecule has 7 heteroatoms. The molecule has 0 saturated carbocycles. The second kappa shape index (κ2) is 8.18. The number of ether oxygens (including phenoxy) is 2. The fourth-order valence-electron chi connectivity index (χ4n) is 2.58. The highest BCUT2D eigenvalue weighted by Gasteiger charge is 2.18. The molecule has 0 aliphatic rings. The van der Waals surface area contributed by atoms with E-state index < -0.39 is 5.97 Å². The van der Waals surface area contributed by atoms with Gasteiger partial charge in [-0.3, -0.25) is 4.79 Å². The van der Waals surface area contributed by atoms with E-state index in [-0.39, 0.29) is 12.5 Å². The summed E-state index contributed by atoms with van der Waals surface area (Å²) < 4.78 is 11.4. The molecule has 0 bridgehead atoms. The van der Waals surface area contributed by atoms with E-state index in [1.54, 1.807) is 30.5 Å². The van der Waals surface area contributed by atoms with Crippen LogP contribution in [0.1, 0.15) is 20.9 Å². The number of likely N-dealkylation sites (N-methyl/N-ethyl adjacent to an activating group) is 1. The maximum atomic E-state index is 12.3. The van der Waals surface area contributed by atoms with Gasteiger partial charge in [0.2, 0.25) is 0 Å². The molecule has 0 unspecified atom stereocenters. The zero-order valence-electron chi connectivity index (χ0n) is 15.4. The Kier molecular flexibility index (Phi) is 5.71. The minimum Gasteiger partial charge on any atom is -0.496 e. The first-order chi connectivity index (χ1) is 13.0. The normalized spacial score (nSPS) is 10.6. The highest BCUT2D eigenvalue weighted by molar-refractivity contribution is 7.18. The van der Waals surface area contributed by atoms with Gasteiger partial charge in [0.25, 0.3) is 5.91 Å². The molecule has 140 valence electrons. The van der Waals surface area contributed by atoms with Gasteiger partial charge in [-0.25, -0.2) is 9.78 Å². The number of para-hydroxylation sites is 1. The average Bonchev–Trinajstić information content (AvgIpc) is 3.07. The van der Waals surface area contributed by atoms with Crippen molar-refractivity contribution in [1.29, 1.82) is 0 Å². The van der Waals surface area contributed by atoms with Crippen LogP contribution in [0.2, 0.25) is 0 Å². The number of esters is 1. The van der Waals surface area contributed by atoms with Gasteiger partial charge in [-0.05, 0) is 31.2 Å². The summed E-state index contributed by atoms with van der Waals surface area (Å²) in [6.45, 7) is 1.90. The van der Waals surface area contributed by atoms with Gasteiger partial charge in [-0.1, -0.05) is 23.8 Å². The van der Waals surface area contributed by atoms with Gasteiger partial charge in [0, 0.05) is 7.05 Å². The molecule has 0 aliphatic carbocycles.